The number of H-pyrrole nitrogens is 2. The highest BCUT2D eigenvalue weighted by Crippen LogP contribution is 2.28. The van der Waals surface area contributed by atoms with Gasteiger partial charge in [-0.15, -0.1) is 0 Å². The van der Waals surface area contributed by atoms with Crippen LogP contribution in [0, 0.1) is 11.8 Å². The highest BCUT2D eigenvalue weighted by atomic mass is 16.2. The van der Waals surface area contributed by atoms with E-state index in [-0.39, 0.29) is 23.9 Å². The van der Waals surface area contributed by atoms with E-state index in [4.69, 9.17) is 9.97 Å². The zero-order chi connectivity index (χ0) is 37.1. The van der Waals surface area contributed by atoms with Gasteiger partial charge in [0.2, 0.25) is 11.8 Å². The van der Waals surface area contributed by atoms with Crippen molar-refractivity contribution in [3.8, 4) is 11.8 Å². The first kappa shape index (κ1) is 36.0. The molecule has 4 atom stereocenters. The number of hydrogen-bond acceptors (Lipinski definition) is 6. The fourth-order valence-corrected chi connectivity index (χ4v) is 6.48. The second kappa shape index (κ2) is 15.2. The number of benzene rings is 4. The monoisotopic (exact) mass is 694 g/mol. The molecule has 10 nitrogen and oxygen atoms in total. The van der Waals surface area contributed by atoms with Crippen molar-refractivity contribution < 1.29 is 9.59 Å². The highest BCUT2D eigenvalue weighted by Gasteiger charge is 2.31. The summed E-state index contributed by atoms with van der Waals surface area (Å²) in [6.45, 7) is 3.96. The van der Waals surface area contributed by atoms with Crippen molar-refractivity contribution >= 4 is 33.9 Å². The van der Waals surface area contributed by atoms with E-state index in [1.165, 1.54) is 0 Å². The average molecular weight is 695 g/mol. The summed E-state index contributed by atoms with van der Waals surface area (Å²) in [5, 5.41) is 0. The third kappa shape index (κ3) is 7.47. The first-order valence-corrected chi connectivity index (χ1v) is 17.4. The molecule has 52 heavy (non-hydrogen) atoms. The van der Waals surface area contributed by atoms with Crippen molar-refractivity contribution in [2.75, 3.05) is 42.3 Å². The lowest BCUT2D eigenvalue weighted by molar-refractivity contribution is -0.138. The number of aromatic nitrogens is 4. The Labute approximate surface area is 305 Å². The van der Waals surface area contributed by atoms with E-state index < -0.39 is 12.1 Å². The maximum atomic E-state index is 13.7. The largest absolute Gasteiger partial charge is 0.340 e. The van der Waals surface area contributed by atoms with Crippen LogP contribution in [0.25, 0.3) is 22.1 Å². The van der Waals surface area contributed by atoms with Crippen molar-refractivity contribution in [3.63, 3.8) is 0 Å². The first-order valence-electron chi connectivity index (χ1n) is 17.4. The van der Waals surface area contributed by atoms with E-state index in [9.17, 15) is 9.59 Å². The van der Waals surface area contributed by atoms with Gasteiger partial charge in [0.25, 0.3) is 0 Å². The fraction of sp³-hybridized carbons (Fsp3) is 0.286. The van der Waals surface area contributed by atoms with Gasteiger partial charge in [-0.25, -0.2) is 9.97 Å². The molecule has 0 aliphatic heterocycles. The Morgan fingerprint density at radius 3 is 1.27 bits per heavy atom. The molecule has 1 unspecified atom stereocenters. The molecule has 4 aromatic carbocycles. The van der Waals surface area contributed by atoms with Crippen LogP contribution in [0.4, 0.5) is 0 Å². The molecule has 0 bridgehead atoms. The normalized spacial score (nSPS) is 13.8. The third-order valence-corrected chi connectivity index (χ3v) is 9.73. The second-order valence-electron chi connectivity index (χ2n) is 13.8. The number of rotatable bonds is 10. The summed E-state index contributed by atoms with van der Waals surface area (Å²) in [7, 11) is 11.3. The molecule has 0 aliphatic carbocycles. The number of fused-ring (bicyclic) bond motifs is 2. The van der Waals surface area contributed by atoms with Crippen LogP contribution >= 0.6 is 0 Å². The summed E-state index contributed by atoms with van der Waals surface area (Å²) >= 11 is 0. The van der Waals surface area contributed by atoms with Crippen molar-refractivity contribution in [3.05, 3.63) is 131 Å². The molecule has 6 rings (SSSR count). The Morgan fingerprint density at radius 2 is 0.923 bits per heavy atom. The van der Waals surface area contributed by atoms with Gasteiger partial charge in [-0.3, -0.25) is 19.4 Å². The zero-order valence-corrected chi connectivity index (χ0v) is 31.0. The van der Waals surface area contributed by atoms with E-state index in [1.807, 2.05) is 163 Å². The van der Waals surface area contributed by atoms with Crippen LogP contribution in [0.5, 0.6) is 0 Å². The number of nitrogens with one attached hydrogen (secondary N) is 2. The molecule has 2 amide bonds. The van der Waals surface area contributed by atoms with Crippen LogP contribution in [0.3, 0.4) is 0 Å². The summed E-state index contributed by atoms with van der Waals surface area (Å²) in [6, 6.07) is 30.1. The number of carbonyl (C=O) groups excluding carboxylic acids is 2. The Kier molecular flexibility index (Phi) is 10.6. The lowest BCUT2D eigenvalue weighted by Crippen LogP contribution is -2.39. The van der Waals surface area contributed by atoms with Gasteiger partial charge in [-0.05, 0) is 89.6 Å². The maximum absolute atomic E-state index is 13.7. The topological polar surface area (TPSA) is 104 Å². The molecular formula is C42H46N8O2. The smallest absolute Gasteiger partial charge is 0.244 e. The minimum absolute atomic E-state index is 0.00643. The van der Waals surface area contributed by atoms with Gasteiger partial charge < -0.3 is 19.8 Å². The van der Waals surface area contributed by atoms with Crippen molar-refractivity contribution in [2.24, 2.45) is 0 Å². The van der Waals surface area contributed by atoms with Crippen LogP contribution in [0.15, 0.2) is 97.1 Å². The van der Waals surface area contributed by atoms with Gasteiger partial charge in [0, 0.05) is 25.2 Å². The standard InChI is InChI=1S/C42H46N8O2/c1-27(49(7)41(51)37(47(3)4)31-15-11-9-12-16-31)39-43-33-23-21-29(25-35(33)45-39)19-20-30-22-24-34-36(26-30)46-40(44-34)28(2)50(8)42(52)38(48(5)6)32-17-13-10-14-18-32/h9-18,21-28,37-38H,1-8H3,(H,43,45)(H,44,46)/t27-,28?,37+,38+/m0/s1. The third-order valence-electron chi connectivity index (χ3n) is 9.73. The molecular weight excluding hydrogens is 649 g/mol. The van der Waals surface area contributed by atoms with Gasteiger partial charge in [0.1, 0.15) is 23.7 Å². The summed E-state index contributed by atoms with van der Waals surface area (Å²) in [5.41, 5.74) is 6.90. The maximum Gasteiger partial charge on any atom is 0.244 e. The second-order valence-corrected chi connectivity index (χ2v) is 13.8. The Balaban J connectivity index is 1.17. The van der Waals surface area contributed by atoms with E-state index in [0.29, 0.717) is 11.6 Å². The molecule has 2 heterocycles. The molecule has 0 spiro atoms. The average Bonchev–Trinajstić information content (AvgIpc) is 3.77. The van der Waals surface area contributed by atoms with Crippen LogP contribution < -0.4 is 0 Å². The zero-order valence-electron chi connectivity index (χ0n) is 31.0. The number of hydrogen-bond donors (Lipinski definition) is 2. The summed E-state index contributed by atoms with van der Waals surface area (Å²) < 4.78 is 0. The van der Waals surface area contributed by atoms with Crippen LogP contribution in [0.1, 0.15) is 71.9 Å². The summed E-state index contributed by atoms with van der Waals surface area (Å²) in [5.74, 6) is 7.97. The fourth-order valence-electron chi connectivity index (χ4n) is 6.48. The van der Waals surface area contributed by atoms with Crippen molar-refractivity contribution in [1.29, 1.82) is 0 Å². The number of carbonyl (C=O) groups is 2. The Hall–Kier alpha value is -5.76. The molecule has 0 saturated carbocycles. The Bertz CT molecular complexity index is 2090. The SMILES string of the molecule is CC(c1nc2ccc(C#Cc3ccc4nc([C@H](C)N(C)C(=O)[C@@H](c5ccccc5)N(C)C)[nH]c4c3)cc2[nH]1)N(C)C(=O)[C@@H](c1ccccc1)N(C)C. The first-order chi connectivity index (χ1) is 24.9. The van der Waals surface area contributed by atoms with Gasteiger partial charge >= 0.3 is 0 Å². The lowest BCUT2D eigenvalue weighted by Gasteiger charge is -2.31. The molecule has 6 aromatic rings. The van der Waals surface area contributed by atoms with Crippen molar-refractivity contribution in [1.82, 2.24) is 39.5 Å². The van der Waals surface area contributed by atoms with Gasteiger partial charge in [-0.1, -0.05) is 72.5 Å². The summed E-state index contributed by atoms with van der Waals surface area (Å²) in [6.07, 6.45) is 0. The molecule has 0 saturated heterocycles. The van der Waals surface area contributed by atoms with Gasteiger partial charge in [0.15, 0.2) is 0 Å². The molecule has 266 valence electrons. The lowest BCUT2D eigenvalue weighted by atomic mass is 10.0. The molecule has 10 heteroatoms. The van der Waals surface area contributed by atoms with E-state index in [1.54, 1.807) is 9.80 Å². The van der Waals surface area contributed by atoms with E-state index in [2.05, 4.69) is 21.8 Å². The molecule has 0 aliphatic rings. The predicted molar refractivity (Wildman–Crippen MR) is 206 cm³/mol. The van der Waals surface area contributed by atoms with Gasteiger partial charge in [0.05, 0.1) is 34.2 Å². The van der Waals surface area contributed by atoms with Crippen LogP contribution in [-0.4, -0.2) is 93.6 Å². The van der Waals surface area contributed by atoms with E-state index in [0.717, 1.165) is 44.3 Å². The minimum Gasteiger partial charge on any atom is -0.340 e. The molecule has 0 fully saturated rings. The van der Waals surface area contributed by atoms with Gasteiger partial charge in [-0.2, -0.15) is 0 Å². The number of aromatic amines is 2. The quantitative estimate of drug-likeness (QED) is 0.159. The number of likely N-dealkylation sites (N-methyl/N-ethyl adjacent to an activating group) is 4. The Morgan fingerprint density at radius 1 is 0.558 bits per heavy atom. The van der Waals surface area contributed by atoms with Crippen LogP contribution in [0.2, 0.25) is 0 Å². The molecule has 0 radical (unpaired) electrons. The van der Waals surface area contributed by atoms with E-state index >= 15 is 0 Å². The van der Waals surface area contributed by atoms with Crippen LogP contribution in [-0.2, 0) is 9.59 Å². The highest BCUT2D eigenvalue weighted by molar-refractivity contribution is 5.85. The number of nitrogens with zero attached hydrogens (tertiary/aromatic N) is 6. The molecule has 2 N–H and O–H groups in total. The number of amides is 2. The van der Waals surface area contributed by atoms with Crippen molar-refractivity contribution in [2.45, 2.75) is 38.0 Å². The molecule has 2 aromatic heterocycles. The number of imidazole rings is 2. The minimum atomic E-state index is -0.401. The summed E-state index contributed by atoms with van der Waals surface area (Å²) in [4.78, 5) is 51.1. The predicted octanol–water partition coefficient (Wildman–Crippen LogP) is 6.48.